The number of aryl methyl sites for hydroxylation is 1. The smallest absolute Gasteiger partial charge is 0.263 e. The van der Waals surface area contributed by atoms with Gasteiger partial charge in [0.25, 0.3) is 11.5 Å². The van der Waals surface area contributed by atoms with E-state index in [1.165, 1.54) is 0 Å². The van der Waals surface area contributed by atoms with Crippen molar-refractivity contribution in [2.75, 3.05) is 26.3 Å². The summed E-state index contributed by atoms with van der Waals surface area (Å²) in [6.07, 6.45) is 7.01. The molecule has 0 atom stereocenters. The highest BCUT2D eigenvalue weighted by molar-refractivity contribution is 5.95. The zero-order chi connectivity index (χ0) is 16.0. The lowest BCUT2D eigenvalue weighted by Crippen LogP contribution is -2.45. The number of carbonyl (C=O) groups is 1. The van der Waals surface area contributed by atoms with Gasteiger partial charge in [-0.3, -0.25) is 9.59 Å². The summed E-state index contributed by atoms with van der Waals surface area (Å²) >= 11 is 0. The number of carbonyl (C=O) groups excluding carboxylic acids is 1. The van der Waals surface area contributed by atoms with Crippen molar-refractivity contribution in [2.24, 2.45) is 5.41 Å². The Bertz CT molecular complexity index is 674. The van der Waals surface area contributed by atoms with Crippen molar-refractivity contribution in [3.05, 3.63) is 33.7 Å². The molecule has 4 rings (SSSR count). The first-order valence-electron chi connectivity index (χ1n) is 8.68. The number of piperidine rings is 1. The number of hydrogen-bond acceptors (Lipinski definition) is 3. The van der Waals surface area contributed by atoms with E-state index in [0.29, 0.717) is 11.6 Å². The van der Waals surface area contributed by atoms with Crippen LogP contribution in [0.2, 0.25) is 0 Å². The van der Waals surface area contributed by atoms with E-state index >= 15 is 0 Å². The molecule has 0 aromatic carbocycles. The average Bonchev–Trinajstić information content (AvgIpc) is 3.29. The molecule has 2 aliphatic heterocycles. The monoisotopic (exact) mass is 316 g/mol. The summed E-state index contributed by atoms with van der Waals surface area (Å²) in [5.41, 5.74) is 1.33. The van der Waals surface area contributed by atoms with Gasteiger partial charge in [0.1, 0.15) is 5.56 Å². The molecule has 1 saturated carbocycles. The van der Waals surface area contributed by atoms with Crippen LogP contribution in [0, 0.1) is 12.3 Å². The molecule has 3 heterocycles. The Kier molecular flexibility index (Phi) is 3.56. The summed E-state index contributed by atoms with van der Waals surface area (Å²) in [7, 11) is 0. The molecule has 1 spiro atoms. The van der Waals surface area contributed by atoms with Gasteiger partial charge in [0.05, 0.1) is 6.61 Å². The van der Waals surface area contributed by atoms with Gasteiger partial charge in [0.2, 0.25) is 0 Å². The van der Waals surface area contributed by atoms with E-state index in [1.54, 1.807) is 4.57 Å². The highest BCUT2D eigenvalue weighted by Gasteiger charge is 2.39. The van der Waals surface area contributed by atoms with E-state index < -0.39 is 0 Å². The lowest BCUT2D eigenvalue weighted by Gasteiger charge is -2.38. The Labute approximate surface area is 136 Å². The zero-order valence-electron chi connectivity index (χ0n) is 13.7. The number of aromatic nitrogens is 1. The topological polar surface area (TPSA) is 51.5 Å². The van der Waals surface area contributed by atoms with E-state index in [9.17, 15) is 9.59 Å². The van der Waals surface area contributed by atoms with Crippen LogP contribution in [0.25, 0.3) is 0 Å². The van der Waals surface area contributed by atoms with Gasteiger partial charge >= 0.3 is 0 Å². The van der Waals surface area contributed by atoms with Crippen LogP contribution in [0.5, 0.6) is 0 Å². The van der Waals surface area contributed by atoms with Gasteiger partial charge in [-0.15, -0.1) is 0 Å². The van der Waals surface area contributed by atoms with Crippen LogP contribution >= 0.6 is 0 Å². The number of likely N-dealkylation sites (tertiary alicyclic amines) is 1. The second kappa shape index (κ2) is 5.48. The van der Waals surface area contributed by atoms with Crippen LogP contribution in [-0.4, -0.2) is 41.7 Å². The number of ether oxygens (including phenoxy) is 1. The Morgan fingerprint density at radius 3 is 2.61 bits per heavy atom. The summed E-state index contributed by atoms with van der Waals surface area (Å²) < 4.78 is 7.30. The molecule has 3 aliphatic rings. The second-order valence-corrected chi connectivity index (χ2v) is 7.41. The van der Waals surface area contributed by atoms with Crippen LogP contribution in [-0.2, 0) is 4.74 Å². The molecule has 1 aromatic heterocycles. The first-order valence-corrected chi connectivity index (χ1v) is 8.68. The maximum Gasteiger partial charge on any atom is 0.263 e. The largest absolute Gasteiger partial charge is 0.381 e. The van der Waals surface area contributed by atoms with Crippen molar-refractivity contribution < 1.29 is 9.53 Å². The normalized spacial score (nSPS) is 23.4. The number of rotatable bonds is 2. The molecule has 0 N–H and O–H groups in total. The molecular formula is C18H24N2O3. The van der Waals surface area contributed by atoms with Crippen LogP contribution in [0.15, 0.2) is 17.1 Å². The van der Waals surface area contributed by atoms with Gasteiger partial charge in [-0.2, -0.15) is 0 Å². The third-order valence-electron chi connectivity index (χ3n) is 5.78. The Morgan fingerprint density at radius 2 is 2.00 bits per heavy atom. The van der Waals surface area contributed by atoms with Crippen LogP contribution < -0.4 is 5.56 Å². The summed E-state index contributed by atoms with van der Waals surface area (Å²) in [5, 5.41) is 0. The molecule has 0 bridgehead atoms. The van der Waals surface area contributed by atoms with E-state index in [-0.39, 0.29) is 16.9 Å². The standard InChI is InChI=1S/C18H24N2O3/c1-13-4-8-20(14-2-3-14)17(22)15(13)16(21)19-9-5-18(6-10-19)7-11-23-12-18/h4,8,14H,2-3,5-7,9-12H2,1H3. The van der Waals surface area contributed by atoms with Gasteiger partial charge < -0.3 is 14.2 Å². The van der Waals surface area contributed by atoms with Gasteiger partial charge in [0, 0.05) is 31.9 Å². The SMILES string of the molecule is Cc1ccn(C2CC2)c(=O)c1C(=O)N1CCC2(CCOC2)CC1. The van der Waals surface area contributed by atoms with Gasteiger partial charge in [-0.25, -0.2) is 0 Å². The van der Waals surface area contributed by atoms with Crippen LogP contribution in [0.1, 0.15) is 54.1 Å². The molecule has 5 nitrogen and oxygen atoms in total. The first kappa shape index (κ1) is 14.9. The summed E-state index contributed by atoms with van der Waals surface area (Å²) in [6, 6.07) is 2.21. The maximum absolute atomic E-state index is 12.9. The van der Waals surface area contributed by atoms with E-state index in [0.717, 1.165) is 64.0 Å². The van der Waals surface area contributed by atoms with Crippen LogP contribution in [0.4, 0.5) is 0 Å². The third-order valence-corrected chi connectivity index (χ3v) is 5.78. The van der Waals surface area contributed by atoms with Crippen molar-refractivity contribution in [2.45, 2.75) is 45.1 Å². The molecular weight excluding hydrogens is 292 g/mol. The molecule has 1 amide bonds. The zero-order valence-corrected chi connectivity index (χ0v) is 13.7. The van der Waals surface area contributed by atoms with Gasteiger partial charge in [-0.1, -0.05) is 0 Å². The average molecular weight is 316 g/mol. The lowest BCUT2D eigenvalue weighted by molar-refractivity contribution is 0.0530. The van der Waals surface area contributed by atoms with Crippen LogP contribution in [0.3, 0.4) is 0 Å². The van der Waals surface area contributed by atoms with Crippen molar-refractivity contribution >= 4 is 5.91 Å². The Morgan fingerprint density at radius 1 is 1.26 bits per heavy atom. The highest BCUT2D eigenvalue weighted by Crippen LogP contribution is 2.39. The predicted molar refractivity (Wildman–Crippen MR) is 86.7 cm³/mol. The Balaban J connectivity index is 1.55. The minimum Gasteiger partial charge on any atom is -0.381 e. The summed E-state index contributed by atoms with van der Waals surface area (Å²) in [5.74, 6) is -0.0868. The molecule has 1 aliphatic carbocycles. The molecule has 5 heteroatoms. The van der Waals surface area contributed by atoms with E-state index in [1.807, 2.05) is 24.1 Å². The fraction of sp³-hybridized carbons (Fsp3) is 0.667. The van der Waals surface area contributed by atoms with Gasteiger partial charge in [-0.05, 0) is 56.1 Å². The number of nitrogens with zero attached hydrogens (tertiary/aromatic N) is 2. The van der Waals surface area contributed by atoms with Gasteiger partial charge in [0.15, 0.2) is 0 Å². The second-order valence-electron chi connectivity index (χ2n) is 7.41. The highest BCUT2D eigenvalue weighted by atomic mass is 16.5. The summed E-state index contributed by atoms with van der Waals surface area (Å²) in [4.78, 5) is 27.5. The van der Waals surface area contributed by atoms with E-state index in [4.69, 9.17) is 4.74 Å². The molecule has 0 radical (unpaired) electrons. The van der Waals surface area contributed by atoms with Crippen molar-refractivity contribution in [1.29, 1.82) is 0 Å². The fourth-order valence-corrected chi connectivity index (χ4v) is 3.93. The third kappa shape index (κ3) is 2.61. The minimum atomic E-state index is -0.109. The molecule has 1 aromatic rings. The molecule has 2 saturated heterocycles. The predicted octanol–water partition coefficient (Wildman–Crippen LogP) is 2.13. The fourth-order valence-electron chi connectivity index (χ4n) is 3.93. The van der Waals surface area contributed by atoms with Crippen molar-refractivity contribution in [3.63, 3.8) is 0 Å². The molecule has 3 fully saturated rings. The molecule has 124 valence electrons. The Hall–Kier alpha value is -1.62. The number of pyridine rings is 1. The molecule has 0 unspecified atom stereocenters. The van der Waals surface area contributed by atoms with E-state index in [2.05, 4.69) is 0 Å². The molecule has 23 heavy (non-hydrogen) atoms. The first-order chi connectivity index (χ1) is 11.1. The lowest BCUT2D eigenvalue weighted by atomic mass is 9.78. The quantitative estimate of drug-likeness (QED) is 0.840. The maximum atomic E-state index is 12.9. The number of amides is 1. The minimum absolute atomic E-state index is 0.0868. The van der Waals surface area contributed by atoms with Crippen molar-refractivity contribution in [1.82, 2.24) is 9.47 Å². The number of hydrogen-bond donors (Lipinski definition) is 0. The summed E-state index contributed by atoms with van der Waals surface area (Å²) in [6.45, 7) is 5.01. The van der Waals surface area contributed by atoms with Crippen molar-refractivity contribution in [3.8, 4) is 0 Å².